The lowest BCUT2D eigenvalue weighted by atomic mass is 10.0. The molecule has 1 fully saturated rings. The fraction of sp³-hybridized carbons (Fsp3) is 0.571. The first-order valence-corrected chi connectivity index (χ1v) is 6.54. The maximum atomic E-state index is 13.9. The van der Waals surface area contributed by atoms with Gasteiger partial charge in [0, 0.05) is 17.8 Å². The lowest BCUT2D eigenvalue weighted by Gasteiger charge is -2.29. The Labute approximate surface area is 114 Å². The monoisotopic (exact) mass is 293 g/mol. The minimum atomic E-state index is -4.39. The van der Waals surface area contributed by atoms with Gasteiger partial charge in [0.2, 0.25) is 0 Å². The number of halogens is 5. The molecule has 1 atom stereocenters. The van der Waals surface area contributed by atoms with Gasteiger partial charge < -0.3 is 4.90 Å². The Kier molecular flexibility index (Phi) is 3.93. The zero-order valence-electron chi connectivity index (χ0n) is 11.3. The smallest absolute Gasteiger partial charge is 0.360 e. The zero-order valence-corrected chi connectivity index (χ0v) is 11.3. The van der Waals surface area contributed by atoms with Crippen molar-refractivity contribution in [2.24, 2.45) is 0 Å². The first kappa shape index (κ1) is 15.1. The van der Waals surface area contributed by atoms with Crippen molar-refractivity contribution in [1.29, 1.82) is 0 Å². The third-order valence-corrected chi connectivity index (χ3v) is 3.60. The molecule has 0 spiro atoms. The van der Waals surface area contributed by atoms with E-state index in [9.17, 15) is 22.0 Å². The highest BCUT2D eigenvalue weighted by molar-refractivity contribution is 5.51. The average Bonchev–Trinajstić information content (AvgIpc) is 2.75. The number of rotatable bonds is 2. The molecule has 0 aromatic heterocycles. The van der Waals surface area contributed by atoms with Crippen LogP contribution < -0.4 is 4.90 Å². The highest BCUT2D eigenvalue weighted by atomic mass is 19.4. The number of hydrogen-bond acceptors (Lipinski definition) is 1. The van der Waals surface area contributed by atoms with Gasteiger partial charge in [-0.1, -0.05) is 13.8 Å². The molecular formula is C14H16F5N. The lowest BCUT2D eigenvalue weighted by Crippen LogP contribution is -2.41. The van der Waals surface area contributed by atoms with Gasteiger partial charge in [-0.25, -0.2) is 8.78 Å². The van der Waals surface area contributed by atoms with E-state index in [0.717, 1.165) is 17.0 Å². The van der Waals surface area contributed by atoms with Gasteiger partial charge in [0.05, 0.1) is 0 Å². The molecule has 1 aliphatic heterocycles. The fourth-order valence-corrected chi connectivity index (χ4v) is 2.70. The molecule has 20 heavy (non-hydrogen) atoms. The molecule has 0 N–H and O–H groups in total. The first-order valence-electron chi connectivity index (χ1n) is 6.54. The Bertz CT molecular complexity index is 472. The first-order chi connectivity index (χ1) is 9.21. The summed E-state index contributed by atoms with van der Waals surface area (Å²) in [5.41, 5.74) is -0.124. The van der Waals surface area contributed by atoms with Crippen LogP contribution in [0.5, 0.6) is 0 Å². The molecule has 0 saturated carbocycles. The Morgan fingerprint density at radius 2 is 1.70 bits per heavy atom. The Morgan fingerprint density at radius 3 is 2.15 bits per heavy atom. The molecule has 1 nitrogen and oxygen atoms in total. The van der Waals surface area contributed by atoms with Crippen LogP contribution >= 0.6 is 0 Å². The fourth-order valence-electron chi connectivity index (χ4n) is 2.70. The summed E-state index contributed by atoms with van der Waals surface area (Å²) in [6, 6.07) is 0.344. The van der Waals surface area contributed by atoms with Crippen molar-refractivity contribution in [2.45, 2.75) is 44.8 Å². The Balaban J connectivity index is 2.39. The van der Waals surface area contributed by atoms with E-state index in [0.29, 0.717) is 6.42 Å². The average molecular weight is 293 g/mol. The minimum Gasteiger partial charge on any atom is -0.360 e. The van der Waals surface area contributed by atoms with Gasteiger partial charge in [-0.3, -0.25) is 0 Å². The van der Waals surface area contributed by atoms with Crippen molar-refractivity contribution in [1.82, 2.24) is 0 Å². The second-order valence-electron chi connectivity index (χ2n) is 5.37. The molecule has 0 radical (unpaired) electrons. The number of hydrogen-bond donors (Lipinski definition) is 0. The van der Waals surface area contributed by atoms with Crippen molar-refractivity contribution >= 4 is 5.69 Å². The molecule has 1 aromatic rings. The van der Waals surface area contributed by atoms with E-state index in [1.165, 1.54) is 0 Å². The van der Waals surface area contributed by atoms with Gasteiger partial charge in [0.15, 0.2) is 0 Å². The minimum absolute atomic E-state index is 0.0378. The third-order valence-electron chi connectivity index (χ3n) is 3.60. The van der Waals surface area contributed by atoms with E-state index in [4.69, 9.17) is 0 Å². The van der Waals surface area contributed by atoms with E-state index >= 15 is 0 Å². The molecule has 0 aliphatic carbocycles. The van der Waals surface area contributed by atoms with Gasteiger partial charge in [0.25, 0.3) is 0 Å². The summed E-state index contributed by atoms with van der Waals surface area (Å²) in [6.07, 6.45) is -4.07. The van der Waals surface area contributed by atoms with E-state index in [1.54, 1.807) is 13.8 Å². The molecule has 1 aliphatic rings. The van der Waals surface area contributed by atoms with Crippen LogP contribution in [0.2, 0.25) is 0 Å². The summed E-state index contributed by atoms with van der Waals surface area (Å²) in [4.78, 5) is 1.04. The summed E-state index contributed by atoms with van der Waals surface area (Å²) in [5.74, 6) is -1.94. The summed E-state index contributed by atoms with van der Waals surface area (Å²) < 4.78 is 66.4. The van der Waals surface area contributed by atoms with Crippen LogP contribution in [0.1, 0.15) is 38.2 Å². The predicted octanol–water partition coefficient (Wildman–Crippen LogP) is 4.62. The van der Waals surface area contributed by atoms with Crippen LogP contribution in [-0.2, 0) is 0 Å². The van der Waals surface area contributed by atoms with Gasteiger partial charge in [-0.05, 0) is 30.9 Å². The quantitative estimate of drug-likeness (QED) is 0.719. The van der Waals surface area contributed by atoms with Gasteiger partial charge >= 0.3 is 6.18 Å². The molecule has 0 bridgehead atoms. The van der Waals surface area contributed by atoms with Gasteiger partial charge in [-0.2, -0.15) is 13.2 Å². The number of alkyl halides is 3. The topological polar surface area (TPSA) is 3.24 Å². The standard InChI is InChI=1S/C14H16F5N/c1-8(2)13-10(15)6-9(7-11(13)16)20-5-3-4-12(20)14(17,18)19/h6-8,12H,3-5H2,1-2H3. The summed E-state index contributed by atoms with van der Waals surface area (Å²) >= 11 is 0. The van der Waals surface area contributed by atoms with Crippen LogP contribution in [0.15, 0.2) is 12.1 Å². The molecule has 1 saturated heterocycles. The lowest BCUT2D eigenvalue weighted by molar-refractivity contribution is -0.146. The SMILES string of the molecule is CC(C)c1c(F)cc(N2CCCC2C(F)(F)F)cc1F. The van der Waals surface area contributed by atoms with E-state index in [1.807, 2.05) is 0 Å². The summed E-state index contributed by atoms with van der Waals surface area (Å²) in [7, 11) is 0. The van der Waals surface area contributed by atoms with Crippen LogP contribution in [-0.4, -0.2) is 18.8 Å². The molecule has 2 rings (SSSR count). The van der Waals surface area contributed by atoms with Gasteiger partial charge in [0.1, 0.15) is 17.7 Å². The molecule has 6 heteroatoms. The zero-order chi connectivity index (χ0) is 15.1. The number of benzene rings is 1. The molecule has 1 unspecified atom stereocenters. The van der Waals surface area contributed by atoms with Gasteiger partial charge in [-0.15, -0.1) is 0 Å². The summed E-state index contributed by atoms with van der Waals surface area (Å²) in [5, 5.41) is 0. The summed E-state index contributed by atoms with van der Waals surface area (Å²) in [6.45, 7) is 3.43. The van der Waals surface area contributed by atoms with Crippen molar-refractivity contribution in [2.75, 3.05) is 11.4 Å². The second-order valence-corrected chi connectivity index (χ2v) is 5.37. The van der Waals surface area contributed by atoms with Crippen LogP contribution in [0.25, 0.3) is 0 Å². The van der Waals surface area contributed by atoms with Crippen molar-refractivity contribution in [3.05, 3.63) is 29.3 Å². The number of anilines is 1. The normalized spacial score (nSPS) is 20.0. The maximum absolute atomic E-state index is 13.9. The Morgan fingerprint density at radius 1 is 1.15 bits per heavy atom. The molecule has 1 aromatic carbocycles. The third kappa shape index (κ3) is 2.74. The van der Waals surface area contributed by atoms with Crippen LogP contribution in [0.3, 0.4) is 0 Å². The molecule has 112 valence electrons. The van der Waals surface area contributed by atoms with Crippen molar-refractivity contribution in [3.8, 4) is 0 Å². The Hall–Kier alpha value is -1.33. The molecule has 0 amide bonds. The van der Waals surface area contributed by atoms with Crippen molar-refractivity contribution < 1.29 is 22.0 Å². The van der Waals surface area contributed by atoms with Crippen molar-refractivity contribution in [3.63, 3.8) is 0 Å². The highest BCUT2D eigenvalue weighted by Gasteiger charge is 2.46. The predicted molar refractivity (Wildman–Crippen MR) is 66.9 cm³/mol. The van der Waals surface area contributed by atoms with E-state index in [2.05, 4.69) is 0 Å². The highest BCUT2D eigenvalue weighted by Crippen LogP contribution is 2.37. The largest absolute Gasteiger partial charge is 0.408 e. The number of nitrogens with zero attached hydrogens (tertiary/aromatic N) is 1. The van der Waals surface area contributed by atoms with Crippen LogP contribution in [0.4, 0.5) is 27.6 Å². The molecular weight excluding hydrogens is 277 g/mol. The van der Waals surface area contributed by atoms with E-state index < -0.39 is 23.9 Å². The van der Waals surface area contributed by atoms with E-state index in [-0.39, 0.29) is 30.1 Å². The maximum Gasteiger partial charge on any atom is 0.408 e. The second kappa shape index (κ2) is 5.22. The van der Waals surface area contributed by atoms with Crippen LogP contribution in [0, 0.1) is 11.6 Å². The molecule has 1 heterocycles.